The molecule has 4 heteroatoms. The van der Waals surface area contributed by atoms with Crippen molar-refractivity contribution in [2.24, 2.45) is 0 Å². The van der Waals surface area contributed by atoms with Gasteiger partial charge < -0.3 is 9.47 Å². The van der Waals surface area contributed by atoms with Crippen LogP contribution in [0.5, 0.6) is 5.75 Å². The van der Waals surface area contributed by atoms with Crippen molar-refractivity contribution in [2.45, 2.75) is 19.1 Å². The fourth-order valence-corrected chi connectivity index (χ4v) is 1.92. The molecule has 0 bridgehead atoms. The molecule has 0 N–H and O–H groups in total. The molecule has 3 nitrogen and oxygen atoms in total. The number of halogens is 1. The molecular formula is C13H15IO3. The first-order chi connectivity index (χ1) is 8.13. The second-order valence-corrected chi connectivity index (χ2v) is 4.45. The lowest BCUT2D eigenvalue weighted by atomic mass is 10.1. The third kappa shape index (κ3) is 4.47. The molecule has 1 atom stereocenters. The Morgan fingerprint density at radius 2 is 2.00 bits per heavy atom. The molecule has 0 unspecified atom stereocenters. The first-order valence-electron chi connectivity index (χ1n) is 5.14. The molecule has 1 rings (SSSR count). The maximum Gasteiger partial charge on any atom is 0.155 e. The molecular weight excluding hydrogens is 331 g/mol. The molecule has 1 aromatic carbocycles. The Kier molecular flexibility index (Phi) is 5.64. The molecule has 0 aliphatic rings. The molecule has 0 saturated heterocycles. The van der Waals surface area contributed by atoms with Crippen molar-refractivity contribution >= 4 is 28.9 Å². The van der Waals surface area contributed by atoms with E-state index in [2.05, 4.69) is 22.6 Å². The molecule has 92 valence electrons. The minimum atomic E-state index is -0.860. The van der Waals surface area contributed by atoms with E-state index < -0.39 is 5.60 Å². The molecule has 0 amide bonds. The van der Waals surface area contributed by atoms with Crippen molar-refractivity contribution in [3.63, 3.8) is 0 Å². The highest BCUT2D eigenvalue weighted by Gasteiger charge is 2.20. The van der Waals surface area contributed by atoms with Gasteiger partial charge in [-0.15, -0.1) is 0 Å². The molecule has 0 heterocycles. The van der Waals surface area contributed by atoms with Crippen molar-refractivity contribution in [2.75, 3.05) is 7.11 Å². The molecule has 1 aromatic rings. The van der Waals surface area contributed by atoms with Gasteiger partial charge in [-0.25, -0.2) is 0 Å². The summed E-state index contributed by atoms with van der Waals surface area (Å²) in [4.78, 5) is 10.9. The number of methoxy groups -OCH3 is 1. The van der Waals surface area contributed by atoms with Crippen molar-refractivity contribution in [3.05, 3.63) is 40.0 Å². The lowest BCUT2D eigenvalue weighted by Gasteiger charge is -2.19. The van der Waals surface area contributed by atoms with E-state index in [1.54, 1.807) is 24.2 Å². The Bertz CT molecular complexity index is 386. The zero-order chi connectivity index (χ0) is 12.7. The van der Waals surface area contributed by atoms with Crippen LogP contribution in [0.4, 0.5) is 0 Å². The van der Waals surface area contributed by atoms with E-state index in [0.717, 1.165) is 17.6 Å². The van der Waals surface area contributed by atoms with Crippen LogP contribution in [0.1, 0.15) is 12.5 Å². The highest BCUT2D eigenvalue weighted by Crippen LogP contribution is 2.16. The number of carbonyl (C=O) groups is 1. The van der Waals surface area contributed by atoms with Crippen molar-refractivity contribution in [1.29, 1.82) is 0 Å². The Morgan fingerprint density at radius 3 is 2.47 bits per heavy atom. The minimum absolute atomic E-state index is 0.389. The van der Waals surface area contributed by atoms with E-state index in [1.807, 2.05) is 24.3 Å². The second-order valence-electron chi connectivity index (χ2n) is 3.73. The number of hydrogen-bond donors (Lipinski definition) is 0. The molecule has 0 spiro atoms. The molecule has 0 radical (unpaired) electrons. The summed E-state index contributed by atoms with van der Waals surface area (Å²) >= 11 is 2.06. The summed E-state index contributed by atoms with van der Waals surface area (Å²) in [5.74, 6) is 0.805. The molecule has 0 fully saturated rings. The zero-order valence-corrected chi connectivity index (χ0v) is 12.0. The monoisotopic (exact) mass is 346 g/mol. The standard InChI is InChI=1S/C13H15IO3/c1-13(10-15,7-8-14)17-9-11-3-5-12(16-2)6-4-11/h3-8,10H,9H2,1-2H3/b8-7+/t13-/m1/s1. The normalized spacial score (nSPS) is 14.5. The van der Waals surface area contributed by atoms with E-state index in [1.165, 1.54) is 0 Å². The van der Waals surface area contributed by atoms with Crippen molar-refractivity contribution in [1.82, 2.24) is 0 Å². The van der Waals surface area contributed by atoms with Crippen molar-refractivity contribution < 1.29 is 14.3 Å². The second kappa shape index (κ2) is 6.76. The largest absolute Gasteiger partial charge is 0.497 e. The number of hydrogen-bond acceptors (Lipinski definition) is 3. The Morgan fingerprint density at radius 1 is 1.35 bits per heavy atom. The highest BCUT2D eigenvalue weighted by molar-refractivity contribution is 14.1. The first-order valence-corrected chi connectivity index (χ1v) is 6.39. The Balaban J connectivity index is 2.62. The summed E-state index contributed by atoms with van der Waals surface area (Å²) in [6, 6.07) is 7.56. The van der Waals surface area contributed by atoms with Crippen LogP contribution in [0.3, 0.4) is 0 Å². The summed E-state index contributed by atoms with van der Waals surface area (Å²) in [6.07, 6.45) is 2.52. The lowest BCUT2D eigenvalue weighted by Crippen LogP contribution is -2.27. The topological polar surface area (TPSA) is 35.5 Å². The predicted octanol–water partition coefficient (Wildman–Crippen LogP) is 3.12. The Hall–Kier alpha value is -0.880. The van der Waals surface area contributed by atoms with Gasteiger partial charge in [-0.1, -0.05) is 34.7 Å². The average molecular weight is 346 g/mol. The van der Waals surface area contributed by atoms with Gasteiger partial charge in [0.1, 0.15) is 11.4 Å². The Labute approximate surface area is 115 Å². The number of benzene rings is 1. The van der Waals surface area contributed by atoms with Crippen LogP contribution in [0.25, 0.3) is 0 Å². The fraction of sp³-hybridized carbons (Fsp3) is 0.308. The summed E-state index contributed by atoms with van der Waals surface area (Å²) < 4.78 is 12.4. The molecule has 0 aliphatic heterocycles. The quantitative estimate of drug-likeness (QED) is 0.587. The molecule has 17 heavy (non-hydrogen) atoms. The molecule has 0 aromatic heterocycles. The van der Waals surface area contributed by atoms with Gasteiger partial charge in [0.25, 0.3) is 0 Å². The SMILES string of the molecule is COc1ccc(CO[C@@](C)(C=O)/C=C/I)cc1. The van der Waals surface area contributed by atoms with E-state index in [9.17, 15) is 4.79 Å². The average Bonchev–Trinajstić information content (AvgIpc) is 2.37. The van der Waals surface area contributed by atoms with Crippen LogP contribution in [0, 0.1) is 0 Å². The van der Waals surface area contributed by atoms with Crippen LogP contribution in [-0.4, -0.2) is 19.0 Å². The van der Waals surface area contributed by atoms with Crippen molar-refractivity contribution in [3.8, 4) is 5.75 Å². The van der Waals surface area contributed by atoms with Gasteiger partial charge in [0, 0.05) is 0 Å². The molecule has 0 aliphatic carbocycles. The van der Waals surface area contributed by atoms with Gasteiger partial charge in [-0.2, -0.15) is 0 Å². The lowest BCUT2D eigenvalue weighted by molar-refractivity contribution is -0.124. The number of carbonyl (C=O) groups excluding carboxylic acids is 1. The smallest absolute Gasteiger partial charge is 0.155 e. The van der Waals surface area contributed by atoms with Crippen LogP contribution >= 0.6 is 22.6 Å². The number of rotatable bonds is 6. The summed E-state index contributed by atoms with van der Waals surface area (Å²) in [7, 11) is 1.63. The van der Waals surface area contributed by atoms with E-state index in [0.29, 0.717) is 6.61 Å². The highest BCUT2D eigenvalue weighted by atomic mass is 127. The first kappa shape index (κ1) is 14.2. The van der Waals surface area contributed by atoms with E-state index >= 15 is 0 Å². The van der Waals surface area contributed by atoms with Crippen LogP contribution in [0.2, 0.25) is 0 Å². The third-order valence-electron chi connectivity index (χ3n) is 2.34. The third-order valence-corrected chi connectivity index (χ3v) is 2.70. The van der Waals surface area contributed by atoms with Crippen LogP contribution in [0.15, 0.2) is 34.4 Å². The summed E-state index contributed by atoms with van der Waals surface area (Å²) in [5, 5.41) is 0. The van der Waals surface area contributed by atoms with Gasteiger partial charge in [-0.3, -0.25) is 4.79 Å². The zero-order valence-electron chi connectivity index (χ0n) is 9.85. The van der Waals surface area contributed by atoms with Gasteiger partial charge in [0.2, 0.25) is 0 Å². The summed E-state index contributed by atoms with van der Waals surface area (Å²) in [5.41, 5.74) is 0.141. The van der Waals surface area contributed by atoms with Gasteiger partial charge in [0.05, 0.1) is 13.7 Å². The maximum absolute atomic E-state index is 10.9. The number of ether oxygens (including phenoxy) is 2. The summed E-state index contributed by atoms with van der Waals surface area (Å²) in [6.45, 7) is 2.12. The van der Waals surface area contributed by atoms with E-state index in [-0.39, 0.29) is 0 Å². The van der Waals surface area contributed by atoms with Gasteiger partial charge >= 0.3 is 0 Å². The van der Waals surface area contributed by atoms with E-state index in [4.69, 9.17) is 9.47 Å². The predicted molar refractivity (Wildman–Crippen MR) is 75.4 cm³/mol. The van der Waals surface area contributed by atoms with Crippen LogP contribution in [-0.2, 0) is 16.1 Å². The fourth-order valence-electron chi connectivity index (χ4n) is 1.21. The van der Waals surface area contributed by atoms with Gasteiger partial charge in [-0.05, 0) is 34.8 Å². The number of aldehydes is 1. The maximum atomic E-state index is 10.9. The minimum Gasteiger partial charge on any atom is -0.497 e. The van der Waals surface area contributed by atoms with Gasteiger partial charge in [0.15, 0.2) is 6.29 Å². The molecule has 0 saturated carbocycles. The van der Waals surface area contributed by atoms with Crippen LogP contribution < -0.4 is 4.74 Å².